The average Bonchev–Trinajstić information content (AvgIpc) is 2.21. The highest BCUT2D eigenvalue weighted by molar-refractivity contribution is 6.10. The van der Waals surface area contributed by atoms with Crippen LogP contribution in [0.5, 0.6) is 0 Å². The zero-order valence-corrected chi connectivity index (χ0v) is 8.49. The smallest absolute Gasteiger partial charge is 0.115 e. The summed E-state index contributed by atoms with van der Waals surface area (Å²) in [5.41, 5.74) is 3.63. The lowest BCUT2D eigenvalue weighted by Gasteiger charge is -2.13. The van der Waals surface area contributed by atoms with Crippen LogP contribution in [0, 0.1) is 6.92 Å². The van der Waals surface area contributed by atoms with Crippen molar-refractivity contribution in [3.05, 3.63) is 41.6 Å². The number of benzene rings is 1. The fourth-order valence-corrected chi connectivity index (χ4v) is 1.39. The van der Waals surface area contributed by atoms with Gasteiger partial charge in [0.05, 0.1) is 0 Å². The van der Waals surface area contributed by atoms with Gasteiger partial charge in [-0.05, 0) is 19.4 Å². The average molecular weight is 186 g/mol. The molecule has 0 radical (unpaired) electrons. The predicted molar refractivity (Wildman–Crippen MR) is 60.2 cm³/mol. The van der Waals surface area contributed by atoms with E-state index in [-0.39, 0.29) is 6.17 Å². The zero-order valence-electron chi connectivity index (χ0n) is 8.49. The van der Waals surface area contributed by atoms with Gasteiger partial charge in [0.2, 0.25) is 0 Å². The second-order valence-electron chi connectivity index (χ2n) is 3.59. The Balaban J connectivity index is 2.24. The topological polar surface area (TPSA) is 24.4 Å². The van der Waals surface area contributed by atoms with Crippen LogP contribution in [0.3, 0.4) is 0 Å². The van der Waals surface area contributed by atoms with E-state index < -0.39 is 0 Å². The van der Waals surface area contributed by atoms with Crippen LogP contribution in [0.25, 0.3) is 5.57 Å². The molecule has 1 aliphatic heterocycles. The first-order valence-electron chi connectivity index (χ1n) is 4.82. The largest absolute Gasteiger partial charge is 0.369 e. The summed E-state index contributed by atoms with van der Waals surface area (Å²) in [4.78, 5) is 4.31. The Morgan fingerprint density at radius 2 is 1.93 bits per heavy atom. The fourth-order valence-electron chi connectivity index (χ4n) is 1.39. The number of rotatable bonds is 1. The van der Waals surface area contributed by atoms with Crippen molar-refractivity contribution in [3.8, 4) is 0 Å². The molecule has 0 saturated heterocycles. The summed E-state index contributed by atoms with van der Waals surface area (Å²) in [5.74, 6) is 0. The van der Waals surface area contributed by atoms with Crippen LogP contribution in [-0.4, -0.2) is 12.4 Å². The molecule has 1 atom stereocenters. The van der Waals surface area contributed by atoms with Gasteiger partial charge in [-0.3, -0.25) is 4.99 Å². The van der Waals surface area contributed by atoms with Crippen molar-refractivity contribution in [1.82, 2.24) is 5.32 Å². The number of hydrogen-bond acceptors (Lipinski definition) is 2. The van der Waals surface area contributed by atoms with Crippen LogP contribution in [-0.2, 0) is 0 Å². The highest BCUT2D eigenvalue weighted by Crippen LogP contribution is 2.14. The number of nitrogens with one attached hydrogen (secondary N) is 1. The first kappa shape index (κ1) is 9.00. The molecular formula is C12H14N2. The molecule has 0 bridgehead atoms. The van der Waals surface area contributed by atoms with Crippen LogP contribution in [0.15, 0.2) is 35.5 Å². The molecule has 2 rings (SSSR count). The third-order valence-corrected chi connectivity index (χ3v) is 2.30. The lowest BCUT2D eigenvalue weighted by atomic mass is 10.1. The molecule has 1 heterocycles. The van der Waals surface area contributed by atoms with Crippen molar-refractivity contribution >= 4 is 11.8 Å². The standard InChI is InChI=1S/C12H14N2/c1-9-3-5-11(6-4-9)12-7-13-10(2)14-8-12/h3-8,10,13H,1-2H3. The van der Waals surface area contributed by atoms with Crippen molar-refractivity contribution < 1.29 is 0 Å². The molecular weight excluding hydrogens is 172 g/mol. The Hall–Kier alpha value is -1.57. The Morgan fingerprint density at radius 1 is 1.21 bits per heavy atom. The molecule has 0 fully saturated rings. The van der Waals surface area contributed by atoms with Crippen LogP contribution in [0.4, 0.5) is 0 Å². The minimum Gasteiger partial charge on any atom is -0.369 e. The highest BCUT2D eigenvalue weighted by Gasteiger charge is 2.04. The lowest BCUT2D eigenvalue weighted by Crippen LogP contribution is -2.21. The van der Waals surface area contributed by atoms with E-state index >= 15 is 0 Å². The maximum atomic E-state index is 4.31. The maximum absolute atomic E-state index is 4.31. The number of aliphatic imine (C=N–C) groups is 1. The van der Waals surface area contributed by atoms with Gasteiger partial charge in [0.1, 0.15) is 6.17 Å². The fraction of sp³-hybridized carbons (Fsp3) is 0.250. The molecule has 1 aromatic carbocycles. The summed E-state index contributed by atoms with van der Waals surface area (Å²) in [6.07, 6.45) is 4.14. The minimum absolute atomic E-state index is 0.198. The third-order valence-electron chi connectivity index (χ3n) is 2.30. The minimum atomic E-state index is 0.198. The normalized spacial score (nSPS) is 20.1. The van der Waals surface area contributed by atoms with E-state index in [4.69, 9.17) is 0 Å². The summed E-state index contributed by atoms with van der Waals surface area (Å²) in [5, 5.41) is 3.19. The molecule has 0 aliphatic carbocycles. The summed E-state index contributed by atoms with van der Waals surface area (Å²) in [6, 6.07) is 8.46. The van der Waals surface area contributed by atoms with Crippen LogP contribution < -0.4 is 5.32 Å². The van der Waals surface area contributed by atoms with Gasteiger partial charge in [0, 0.05) is 18.0 Å². The van der Waals surface area contributed by atoms with Gasteiger partial charge in [0.15, 0.2) is 0 Å². The molecule has 72 valence electrons. The lowest BCUT2D eigenvalue weighted by molar-refractivity contribution is 0.672. The van der Waals surface area contributed by atoms with E-state index in [0.717, 1.165) is 5.57 Å². The Labute approximate surface area is 84.4 Å². The molecule has 0 spiro atoms. The van der Waals surface area contributed by atoms with Gasteiger partial charge < -0.3 is 5.32 Å². The van der Waals surface area contributed by atoms with Gasteiger partial charge in [-0.2, -0.15) is 0 Å². The van der Waals surface area contributed by atoms with Crippen molar-refractivity contribution in [1.29, 1.82) is 0 Å². The first-order valence-corrected chi connectivity index (χ1v) is 4.82. The van der Waals surface area contributed by atoms with Crippen molar-refractivity contribution in [3.63, 3.8) is 0 Å². The summed E-state index contributed by atoms with van der Waals surface area (Å²) < 4.78 is 0. The van der Waals surface area contributed by atoms with Crippen molar-refractivity contribution in [2.45, 2.75) is 20.0 Å². The molecule has 2 heteroatoms. The van der Waals surface area contributed by atoms with Gasteiger partial charge >= 0.3 is 0 Å². The molecule has 1 aromatic rings. The molecule has 0 amide bonds. The van der Waals surface area contributed by atoms with E-state index in [1.54, 1.807) is 0 Å². The Morgan fingerprint density at radius 3 is 2.50 bits per heavy atom. The molecule has 14 heavy (non-hydrogen) atoms. The van der Waals surface area contributed by atoms with Crippen molar-refractivity contribution in [2.24, 2.45) is 4.99 Å². The van der Waals surface area contributed by atoms with Gasteiger partial charge in [-0.25, -0.2) is 0 Å². The summed E-state index contributed by atoms with van der Waals surface area (Å²) >= 11 is 0. The Kier molecular flexibility index (Phi) is 2.35. The van der Waals surface area contributed by atoms with Gasteiger partial charge in [-0.1, -0.05) is 29.8 Å². The van der Waals surface area contributed by atoms with E-state index in [0.29, 0.717) is 0 Å². The SMILES string of the molecule is Cc1ccc(C2=CNC(C)N=C2)cc1. The van der Waals surface area contributed by atoms with E-state index in [2.05, 4.69) is 41.5 Å². The summed E-state index contributed by atoms with van der Waals surface area (Å²) in [7, 11) is 0. The second kappa shape index (κ2) is 3.66. The number of nitrogens with zero attached hydrogens (tertiary/aromatic N) is 1. The molecule has 2 nitrogen and oxygen atoms in total. The number of hydrogen-bond donors (Lipinski definition) is 1. The molecule has 1 N–H and O–H groups in total. The number of aryl methyl sites for hydroxylation is 1. The van der Waals surface area contributed by atoms with E-state index in [1.165, 1.54) is 11.1 Å². The van der Waals surface area contributed by atoms with Crippen LogP contribution >= 0.6 is 0 Å². The molecule has 0 aromatic heterocycles. The summed E-state index contributed by atoms with van der Waals surface area (Å²) in [6.45, 7) is 4.12. The zero-order chi connectivity index (χ0) is 9.97. The van der Waals surface area contributed by atoms with E-state index in [1.807, 2.05) is 19.3 Å². The Bertz CT molecular complexity index is 374. The van der Waals surface area contributed by atoms with Gasteiger partial charge in [-0.15, -0.1) is 0 Å². The van der Waals surface area contributed by atoms with Crippen LogP contribution in [0.2, 0.25) is 0 Å². The molecule has 1 aliphatic rings. The maximum Gasteiger partial charge on any atom is 0.115 e. The predicted octanol–water partition coefficient (Wildman–Crippen LogP) is 2.36. The van der Waals surface area contributed by atoms with Gasteiger partial charge in [0.25, 0.3) is 0 Å². The van der Waals surface area contributed by atoms with Crippen molar-refractivity contribution in [2.75, 3.05) is 0 Å². The van der Waals surface area contributed by atoms with E-state index in [9.17, 15) is 0 Å². The first-order chi connectivity index (χ1) is 6.75. The second-order valence-corrected chi connectivity index (χ2v) is 3.59. The highest BCUT2D eigenvalue weighted by atomic mass is 15.1. The van der Waals surface area contributed by atoms with Crippen LogP contribution in [0.1, 0.15) is 18.1 Å². The monoisotopic (exact) mass is 186 g/mol. The molecule has 0 saturated carbocycles. The number of allylic oxidation sites excluding steroid dienone is 1. The molecule has 1 unspecified atom stereocenters. The third kappa shape index (κ3) is 1.84. The quantitative estimate of drug-likeness (QED) is 0.715.